The molecule has 0 saturated heterocycles. The minimum absolute atomic E-state index is 0.0650. The summed E-state index contributed by atoms with van der Waals surface area (Å²) in [6, 6.07) is 4.49. The molecule has 2 N–H and O–H groups in total. The van der Waals surface area contributed by atoms with Crippen LogP contribution in [0.5, 0.6) is 5.75 Å². The van der Waals surface area contributed by atoms with Gasteiger partial charge in [-0.2, -0.15) is 8.78 Å². The number of halogens is 3. The summed E-state index contributed by atoms with van der Waals surface area (Å²) in [4.78, 5) is 10.1. The Morgan fingerprint density at radius 2 is 2.12 bits per heavy atom. The van der Waals surface area contributed by atoms with Crippen LogP contribution in [-0.4, -0.2) is 24.1 Å². The number of nitrogens with zero attached hydrogens (tertiary/aromatic N) is 2. The number of guanidine groups is 1. The molecule has 0 unspecified atom stereocenters. The highest BCUT2D eigenvalue weighted by molar-refractivity contribution is 7.11. The molecule has 0 fully saturated rings. The van der Waals surface area contributed by atoms with Gasteiger partial charge in [0, 0.05) is 22.0 Å². The van der Waals surface area contributed by atoms with Crippen LogP contribution in [0.4, 0.5) is 8.78 Å². The number of thiazole rings is 1. The topological polar surface area (TPSA) is 58.5 Å². The molecule has 5 nitrogen and oxygen atoms in total. The Labute approximate surface area is 160 Å². The third-order valence-electron chi connectivity index (χ3n) is 3.47. The normalized spacial score (nSPS) is 11.7. The second-order valence-electron chi connectivity index (χ2n) is 5.43. The summed E-state index contributed by atoms with van der Waals surface area (Å²) in [5, 5.41) is 7.69. The summed E-state index contributed by atoms with van der Waals surface area (Å²) >= 11 is 7.58. The lowest BCUT2D eigenvalue weighted by Crippen LogP contribution is -2.36. The smallest absolute Gasteiger partial charge is 0.387 e. The second kappa shape index (κ2) is 9.68. The molecule has 26 heavy (non-hydrogen) atoms. The van der Waals surface area contributed by atoms with Crippen molar-refractivity contribution in [3.8, 4) is 5.75 Å². The molecule has 1 heterocycles. The number of hydrogen-bond acceptors (Lipinski definition) is 4. The highest BCUT2D eigenvalue weighted by Gasteiger charge is 2.11. The minimum Gasteiger partial charge on any atom is -0.434 e. The maximum absolute atomic E-state index is 12.5. The van der Waals surface area contributed by atoms with Crippen LogP contribution >= 0.6 is 22.9 Å². The molecule has 0 aliphatic heterocycles. The number of rotatable bonds is 7. The van der Waals surface area contributed by atoms with Crippen LogP contribution in [0.25, 0.3) is 0 Å². The van der Waals surface area contributed by atoms with Crippen molar-refractivity contribution < 1.29 is 13.5 Å². The van der Waals surface area contributed by atoms with E-state index in [-0.39, 0.29) is 12.3 Å². The van der Waals surface area contributed by atoms with Gasteiger partial charge in [-0.25, -0.2) is 9.98 Å². The van der Waals surface area contributed by atoms with Crippen molar-refractivity contribution in [3.63, 3.8) is 0 Å². The van der Waals surface area contributed by atoms with E-state index in [2.05, 4.69) is 25.3 Å². The molecule has 0 spiro atoms. The molecule has 0 saturated carbocycles. The predicted octanol–water partition coefficient (Wildman–Crippen LogP) is 4.27. The third-order valence-corrected chi connectivity index (χ3v) is 4.78. The van der Waals surface area contributed by atoms with E-state index in [1.54, 1.807) is 17.4 Å². The molecule has 2 aromatic rings. The van der Waals surface area contributed by atoms with Crippen LogP contribution in [0, 0.1) is 13.8 Å². The van der Waals surface area contributed by atoms with Gasteiger partial charge in [0.1, 0.15) is 10.8 Å². The Morgan fingerprint density at radius 1 is 1.35 bits per heavy atom. The monoisotopic (exact) mass is 402 g/mol. The first kappa shape index (κ1) is 20.4. The third kappa shape index (κ3) is 6.10. The average molecular weight is 403 g/mol. The van der Waals surface area contributed by atoms with Crippen molar-refractivity contribution in [3.05, 3.63) is 44.4 Å². The Kier molecular flexibility index (Phi) is 7.59. The fraction of sp³-hybridized carbons (Fsp3) is 0.412. The van der Waals surface area contributed by atoms with Crippen molar-refractivity contribution in [2.24, 2.45) is 4.99 Å². The summed E-state index contributed by atoms with van der Waals surface area (Å²) < 4.78 is 29.6. The van der Waals surface area contributed by atoms with Crippen molar-refractivity contribution >= 4 is 28.9 Å². The van der Waals surface area contributed by atoms with Gasteiger partial charge in [0.15, 0.2) is 5.96 Å². The van der Waals surface area contributed by atoms with Gasteiger partial charge in [-0.15, -0.1) is 11.3 Å². The van der Waals surface area contributed by atoms with Crippen LogP contribution in [0.3, 0.4) is 0 Å². The molecule has 0 amide bonds. The van der Waals surface area contributed by atoms with Gasteiger partial charge < -0.3 is 15.4 Å². The number of benzene rings is 1. The molecule has 1 aromatic carbocycles. The van der Waals surface area contributed by atoms with E-state index >= 15 is 0 Å². The van der Waals surface area contributed by atoms with E-state index in [4.69, 9.17) is 11.6 Å². The van der Waals surface area contributed by atoms with Crippen LogP contribution in [-0.2, 0) is 13.1 Å². The molecule has 0 bridgehead atoms. The number of ether oxygens (including phenoxy) is 1. The lowest BCUT2D eigenvalue weighted by Gasteiger charge is -2.12. The maximum atomic E-state index is 12.5. The largest absolute Gasteiger partial charge is 0.434 e. The van der Waals surface area contributed by atoms with E-state index in [0.717, 1.165) is 10.7 Å². The predicted molar refractivity (Wildman–Crippen MR) is 101 cm³/mol. The molecule has 0 aliphatic rings. The van der Waals surface area contributed by atoms with E-state index in [1.165, 1.54) is 17.0 Å². The van der Waals surface area contributed by atoms with Crippen LogP contribution in [0.2, 0.25) is 5.02 Å². The van der Waals surface area contributed by atoms with Gasteiger partial charge in [-0.05, 0) is 39.0 Å². The number of aromatic nitrogens is 1. The number of nitrogens with one attached hydrogen (secondary N) is 2. The first-order valence-electron chi connectivity index (χ1n) is 8.07. The zero-order valence-electron chi connectivity index (χ0n) is 14.8. The Bertz CT molecular complexity index is 748. The Morgan fingerprint density at radius 3 is 2.73 bits per heavy atom. The van der Waals surface area contributed by atoms with Crippen molar-refractivity contribution in [2.75, 3.05) is 6.54 Å². The molecule has 2 rings (SSSR count). The summed E-state index contributed by atoms with van der Waals surface area (Å²) in [6.45, 7) is 4.38. The van der Waals surface area contributed by atoms with E-state index in [1.807, 2.05) is 20.8 Å². The van der Waals surface area contributed by atoms with Gasteiger partial charge in [-0.1, -0.05) is 11.6 Å². The van der Waals surface area contributed by atoms with Gasteiger partial charge in [-0.3, -0.25) is 0 Å². The first-order chi connectivity index (χ1) is 12.4. The average Bonchev–Trinajstić information content (AvgIpc) is 2.90. The van der Waals surface area contributed by atoms with Gasteiger partial charge in [0.25, 0.3) is 0 Å². The first-order valence-corrected chi connectivity index (χ1v) is 9.26. The second-order valence-corrected chi connectivity index (χ2v) is 7.15. The summed E-state index contributed by atoms with van der Waals surface area (Å²) in [5.41, 5.74) is 1.50. The fourth-order valence-corrected chi connectivity index (χ4v) is 3.23. The maximum Gasteiger partial charge on any atom is 0.387 e. The van der Waals surface area contributed by atoms with Gasteiger partial charge >= 0.3 is 6.61 Å². The number of aryl methyl sites for hydroxylation is 2. The molecule has 0 atom stereocenters. The van der Waals surface area contributed by atoms with E-state index in [0.29, 0.717) is 29.6 Å². The van der Waals surface area contributed by atoms with Crippen LogP contribution in [0.15, 0.2) is 23.2 Å². The van der Waals surface area contributed by atoms with Crippen molar-refractivity contribution in [2.45, 2.75) is 40.5 Å². The van der Waals surface area contributed by atoms with Crippen LogP contribution in [0.1, 0.15) is 28.1 Å². The Balaban J connectivity index is 2.09. The molecule has 0 aliphatic carbocycles. The van der Waals surface area contributed by atoms with Crippen molar-refractivity contribution in [1.29, 1.82) is 0 Å². The quantitative estimate of drug-likeness (QED) is 0.536. The molecular weight excluding hydrogens is 382 g/mol. The highest BCUT2D eigenvalue weighted by atomic mass is 35.5. The number of alkyl halides is 2. The van der Waals surface area contributed by atoms with E-state index in [9.17, 15) is 8.78 Å². The minimum atomic E-state index is -2.90. The number of aliphatic imine (C=N–C) groups is 1. The number of hydrogen-bond donors (Lipinski definition) is 2. The summed E-state index contributed by atoms with van der Waals surface area (Å²) in [5.74, 6) is 0.621. The molecule has 0 radical (unpaired) electrons. The summed E-state index contributed by atoms with van der Waals surface area (Å²) in [6.07, 6.45) is 0. The van der Waals surface area contributed by atoms with Crippen molar-refractivity contribution in [1.82, 2.24) is 15.6 Å². The lowest BCUT2D eigenvalue weighted by molar-refractivity contribution is -0.0504. The van der Waals surface area contributed by atoms with E-state index < -0.39 is 6.61 Å². The summed E-state index contributed by atoms with van der Waals surface area (Å²) in [7, 11) is 0. The standard InChI is InChI=1S/C17H21ClF2N4OS/c1-4-21-17(23-9-15-24-10(2)11(3)26-15)22-8-12-7-13(18)5-6-14(12)25-16(19)20/h5-7,16H,4,8-9H2,1-3H3,(H2,21,22,23). The lowest BCUT2D eigenvalue weighted by atomic mass is 10.2. The zero-order chi connectivity index (χ0) is 19.1. The highest BCUT2D eigenvalue weighted by Crippen LogP contribution is 2.25. The van der Waals surface area contributed by atoms with Gasteiger partial charge in [0.2, 0.25) is 0 Å². The fourth-order valence-electron chi connectivity index (χ4n) is 2.16. The molecule has 1 aromatic heterocycles. The SMILES string of the molecule is CCNC(=NCc1cc(Cl)ccc1OC(F)F)NCc1nc(C)c(C)s1. The Hall–Kier alpha value is -1.93. The zero-order valence-corrected chi connectivity index (χ0v) is 16.3. The van der Waals surface area contributed by atoms with Gasteiger partial charge in [0.05, 0.1) is 18.8 Å². The van der Waals surface area contributed by atoms with Crippen LogP contribution < -0.4 is 15.4 Å². The molecule has 9 heteroatoms. The molecule has 142 valence electrons. The molecular formula is C17H21ClF2N4OS.